The van der Waals surface area contributed by atoms with Gasteiger partial charge in [-0.15, -0.1) is 0 Å². The Morgan fingerprint density at radius 1 is 1.32 bits per heavy atom. The molecule has 132 valence electrons. The fourth-order valence-corrected chi connectivity index (χ4v) is 5.26. The van der Waals surface area contributed by atoms with Gasteiger partial charge in [-0.3, -0.25) is 4.79 Å². The Balaban J connectivity index is 1.27. The molecule has 4 atom stereocenters. The predicted molar refractivity (Wildman–Crippen MR) is 92.9 cm³/mol. The number of nitrogens with zero attached hydrogens (tertiary/aromatic N) is 3. The van der Waals surface area contributed by atoms with E-state index in [2.05, 4.69) is 32.3 Å². The Hall–Kier alpha value is -1.95. The third kappa shape index (κ3) is 2.46. The van der Waals surface area contributed by atoms with Gasteiger partial charge in [0.25, 0.3) is 0 Å². The molecule has 3 saturated heterocycles. The third-order valence-corrected chi connectivity index (χ3v) is 6.51. The summed E-state index contributed by atoms with van der Waals surface area (Å²) >= 11 is 0. The lowest BCUT2D eigenvalue weighted by Gasteiger charge is -2.29. The summed E-state index contributed by atoms with van der Waals surface area (Å²) in [5, 5.41) is 3.21. The van der Waals surface area contributed by atoms with Gasteiger partial charge >= 0.3 is 0 Å². The molecule has 1 aromatic rings. The molecule has 6 nitrogen and oxygen atoms in total. The van der Waals surface area contributed by atoms with Crippen molar-refractivity contribution in [3.05, 3.63) is 30.6 Å². The van der Waals surface area contributed by atoms with Gasteiger partial charge in [-0.05, 0) is 31.7 Å². The second-order valence-electron chi connectivity index (χ2n) is 7.84. The summed E-state index contributed by atoms with van der Waals surface area (Å²) in [7, 11) is 0. The molecule has 1 N–H and O–H groups in total. The normalized spacial score (nSPS) is 36.2. The van der Waals surface area contributed by atoms with Crippen LogP contribution in [0.5, 0.6) is 0 Å². The van der Waals surface area contributed by atoms with Crippen molar-refractivity contribution in [2.45, 2.75) is 37.4 Å². The summed E-state index contributed by atoms with van der Waals surface area (Å²) in [6.07, 6.45) is 12.1. The predicted octanol–water partition coefficient (Wildman–Crippen LogP) is 1.54. The zero-order valence-electron chi connectivity index (χ0n) is 14.3. The number of ether oxygens (including phenoxy) is 1. The Morgan fingerprint density at radius 3 is 2.92 bits per heavy atom. The summed E-state index contributed by atoms with van der Waals surface area (Å²) < 4.78 is 6.45. The maximum absolute atomic E-state index is 12.4. The van der Waals surface area contributed by atoms with Crippen LogP contribution < -0.4 is 10.2 Å². The molecule has 0 radical (unpaired) electrons. The van der Waals surface area contributed by atoms with Crippen molar-refractivity contribution >= 4 is 11.9 Å². The number of hydrogen-bond acceptors (Lipinski definition) is 5. The van der Waals surface area contributed by atoms with Crippen LogP contribution in [-0.4, -0.2) is 47.2 Å². The van der Waals surface area contributed by atoms with Crippen LogP contribution in [0.2, 0.25) is 0 Å². The van der Waals surface area contributed by atoms with Crippen molar-refractivity contribution in [1.29, 1.82) is 0 Å². The van der Waals surface area contributed by atoms with Crippen molar-refractivity contribution in [3.8, 4) is 0 Å². The van der Waals surface area contributed by atoms with Crippen molar-refractivity contribution in [1.82, 2.24) is 15.3 Å². The number of hydrogen-bond donors (Lipinski definition) is 1. The van der Waals surface area contributed by atoms with E-state index in [9.17, 15) is 4.79 Å². The second kappa shape index (κ2) is 5.80. The average molecular weight is 340 g/mol. The molecule has 6 heteroatoms. The SMILES string of the molecule is O=C(NC[C@H]1[C@H]2CN(c3ncccn3)C[C@]23CC[C@H]1O3)C1CC=CC1. The number of amides is 1. The molecule has 3 aliphatic heterocycles. The fourth-order valence-electron chi connectivity index (χ4n) is 5.26. The minimum atomic E-state index is -0.0613. The zero-order valence-corrected chi connectivity index (χ0v) is 14.3. The number of carbonyl (C=O) groups is 1. The molecular weight excluding hydrogens is 316 g/mol. The molecule has 1 spiro atoms. The molecule has 1 amide bonds. The summed E-state index contributed by atoms with van der Waals surface area (Å²) in [6, 6.07) is 1.84. The number of carbonyl (C=O) groups excluding carboxylic acids is 1. The Labute approximate surface area is 147 Å². The number of allylic oxidation sites excluding steroid dienone is 2. The number of anilines is 1. The third-order valence-electron chi connectivity index (χ3n) is 6.51. The van der Waals surface area contributed by atoms with E-state index in [0.29, 0.717) is 17.9 Å². The van der Waals surface area contributed by atoms with Gasteiger partial charge in [-0.1, -0.05) is 12.2 Å². The molecule has 0 unspecified atom stereocenters. The molecule has 2 bridgehead atoms. The lowest BCUT2D eigenvalue weighted by Crippen LogP contribution is -2.43. The quantitative estimate of drug-likeness (QED) is 0.842. The van der Waals surface area contributed by atoms with E-state index < -0.39 is 0 Å². The van der Waals surface area contributed by atoms with E-state index in [1.807, 2.05) is 6.07 Å². The van der Waals surface area contributed by atoms with Gasteiger partial charge in [0, 0.05) is 43.2 Å². The van der Waals surface area contributed by atoms with E-state index in [1.54, 1.807) is 12.4 Å². The number of fused-ring (bicyclic) bond motifs is 1. The van der Waals surface area contributed by atoms with E-state index >= 15 is 0 Å². The maximum Gasteiger partial charge on any atom is 0.225 e. The Bertz CT molecular complexity index is 686. The number of rotatable bonds is 4. The van der Waals surface area contributed by atoms with Gasteiger partial charge in [0.2, 0.25) is 11.9 Å². The van der Waals surface area contributed by atoms with Crippen LogP contribution in [0.1, 0.15) is 25.7 Å². The van der Waals surface area contributed by atoms with Crippen LogP contribution in [0.3, 0.4) is 0 Å². The zero-order chi connectivity index (χ0) is 16.9. The molecular formula is C19H24N4O2. The summed E-state index contributed by atoms with van der Waals surface area (Å²) in [6.45, 7) is 2.52. The van der Waals surface area contributed by atoms with Gasteiger partial charge in [0.05, 0.1) is 18.2 Å². The highest BCUT2D eigenvalue weighted by Gasteiger charge is 2.63. The average Bonchev–Trinajstić information content (AvgIpc) is 3.40. The highest BCUT2D eigenvalue weighted by atomic mass is 16.5. The smallest absolute Gasteiger partial charge is 0.225 e. The van der Waals surface area contributed by atoms with Crippen LogP contribution in [0.25, 0.3) is 0 Å². The van der Waals surface area contributed by atoms with Gasteiger partial charge in [-0.2, -0.15) is 0 Å². The molecule has 0 saturated carbocycles. The molecule has 1 aliphatic carbocycles. The Morgan fingerprint density at radius 2 is 2.12 bits per heavy atom. The lowest BCUT2D eigenvalue weighted by molar-refractivity contribution is -0.124. The maximum atomic E-state index is 12.4. The van der Waals surface area contributed by atoms with Crippen molar-refractivity contribution < 1.29 is 9.53 Å². The van der Waals surface area contributed by atoms with E-state index in [4.69, 9.17) is 4.74 Å². The molecule has 4 aliphatic rings. The first kappa shape index (κ1) is 15.3. The largest absolute Gasteiger partial charge is 0.369 e. The minimum Gasteiger partial charge on any atom is -0.369 e. The number of nitrogens with one attached hydrogen (secondary N) is 1. The molecule has 5 rings (SSSR count). The summed E-state index contributed by atoms with van der Waals surface area (Å²) in [4.78, 5) is 23.4. The van der Waals surface area contributed by atoms with Crippen molar-refractivity contribution in [2.24, 2.45) is 17.8 Å². The molecule has 3 fully saturated rings. The highest BCUT2D eigenvalue weighted by molar-refractivity contribution is 5.79. The molecule has 25 heavy (non-hydrogen) atoms. The van der Waals surface area contributed by atoms with Crippen LogP contribution in [0.15, 0.2) is 30.6 Å². The number of aromatic nitrogens is 2. The lowest BCUT2D eigenvalue weighted by atomic mass is 9.73. The summed E-state index contributed by atoms with van der Waals surface area (Å²) in [5.74, 6) is 1.98. The van der Waals surface area contributed by atoms with Crippen LogP contribution in [0, 0.1) is 17.8 Å². The highest BCUT2D eigenvalue weighted by Crippen LogP contribution is 2.54. The van der Waals surface area contributed by atoms with Crippen LogP contribution in [-0.2, 0) is 9.53 Å². The Kier molecular flexibility index (Phi) is 3.55. The fraction of sp³-hybridized carbons (Fsp3) is 0.632. The van der Waals surface area contributed by atoms with E-state index in [-0.39, 0.29) is 17.4 Å². The van der Waals surface area contributed by atoms with Crippen molar-refractivity contribution in [3.63, 3.8) is 0 Å². The first-order valence-corrected chi connectivity index (χ1v) is 9.38. The minimum absolute atomic E-state index is 0.0613. The second-order valence-corrected chi connectivity index (χ2v) is 7.84. The monoisotopic (exact) mass is 340 g/mol. The standard InChI is InChI=1S/C19H24N4O2/c24-17(13-4-1-2-5-13)22-10-14-15-11-23(18-20-8-3-9-21-18)12-19(15)7-6-16(14)25-19/h1-3,8-9,13-16H,4-7,10-12H2,(H,22,24)/t14-,15+,16+,19+/m0/s1. The van der Waals surface area contributed by atoms with Gasteiger partial charge in [0.15, 0.2) is 0 Å². The van der Waals surface area contributed by atoms with E-state index in [1.165, 1.54) is 0 Å². The van der Waals surface area contributed by atoms with Crippen LogP contribution in [0.4, 0.5) is 5.95 Å². The molecule has 4 heterocycles. The van der Waals surface area contributed by atoms with Gasteiger partial charge < -0.3 is 15.0 Å². The molecule has 1 aromatic heterocycles. The summed E-state index contributed by atoms with van der Waals surface area (Å²) in [5.41, 5.74) is -0.0613. The molecule has 0 aromatic carbocycles. The van der Waals surface area contributed by atoms with Crippen LogP contribution >= 0.6 is 0 Å². The first-order valence-electron chi connectivity index (χ1n) is 9.38. The van der Waals surface area contributed by atoms with Crippen molar-refractivity contribution in [2.75, 3.05) is 24.5 Å². The first-order chi connectivity index (χ1) is 12.3. The topological polar surface area (TPSA) is 67.4 Å². The van der Waals surface area contributed by atoms with Gasteiger partial charge in [-0.25, -0.2) is 9.97 Å². The van der Waals surface area contributed by atoms with Gasteiger partial charge in [0.1, 0.15) is 0 Å². The van der Waals surface area contributed by atoms with E-state index in [0.717, 1.165) is 51.3 Å².